The molecule has 3 aromatic carbocycles. The normalized spacial score (nSPS) is 10.9. The van der Waals surface area contributed by atoms with Crippen molar-refractivity contribution >= 4 is 44.9 Å². The van der Waals surface area contributed by atoms with Gasteiger partial charge in [0, 0.05) is 15.8 Å². The van der Waals surface area contributed by atoms with Crippen LogP contribution in [0.2, 0.25) is 0 Å². The molecular formula is C21H15FN2OS2. The SMILES string of the molecule is O=C(CSc1ccc2ccccc2c1)Nc1nc(-c2ccc(F)cc2)cs1. The summed E-state index contributed by atoms with van der Waals surface area (Å²) in [7, 11) is 0. The minimum atomic E-state index is -0.284. The van der Waals surface area contributed by atoms with Crippen LogP contribution in [-0.2, 0) is 4.79 Å². The molecule has 27 heavy (non-hydrogen) atoms. The van der Waals surface area contributed by atoms with Gasteiger partial charge in [-0.05, 0) is 47.2 Å². The van der Waals surface area contributed by atoms with Gasteiger partial charge in [-0.3, -0.25) is 4.79 Å². The summed E-state index contributed by atoms with van der Waals surface area (Å²) in [4.78, 5) is 17.7. The van der Waals surface area contributed by atoms with Crippen LogP contribution in [0.5, 0.6) is 0 Å². The summed E-state index contributed by atoms with van der Waals surface area (Å²) >= 11 is 2.84. The minimum absolute atomic E-state index is 0.104. The minimum Gasteiger partial charge on any atom is -0.301 e. The number of halogens is 1. The van der Waals surface area contributed by atoms with Gasteiger partial charge in [0.15, 0.2) is 5.13 Å². The van der Waals surface area contributed by atoms with Crippen LogP contribution in [-0.4, -0.2) is 16.6 Å². The van der Waals surface area contributed by atoms with E-state index < -0.39 is 0 Å². The Hall–Kier alpha value is -2.70. The van der Waals surface area contributed by atoms with Gasteiger partial charge in [-0.1, -0.05) is 30.3 Å². The molecule has 0 unspecified atom stereocenters. The Kier molecular flexibility index (Phi) is 5.18. The number of benzene rings is 3. The van der Waals surface area contributed by atoms with Crippen LogP contribution in [0.3, 0.4) is 0 Å². The maximum absolute atomic E-state index is 13.0. The lowest BCUT2D eigenvalue weighted by Crippen LogP contribution is -2.13. The molecule has 0 saturated heterocycles. The number of aromatic nitrogens is 1. The zero-order valence-corrected chi connectivity index (χ0v) is 15.8. The lowest BCUT2D eigenvalue weighted by molar-refractivity contribution is -0.113. The van der Waals surface area contributed by atoms with E-state index in [0.717, 1.165) is 21.5 Å². The number of nitrogens with zero attached hydrogens (tertiary/aromatic N) is 1. The van der Waals surface area contributed by atoms with Crippen LogP contribution in [0.1, 0.15) is 0 Å². The number of fused-ring (bicyclic) bond motifs is 1. The fourth-order valence-corrected chi connectivity index (χ4v) is 4.13. The predicted molar refractivity (Wildman–Crippen MR) is 111 cm³/mol. The Morgan fingerprint density at radius 2 is 1.81 bits per heavy atom. The summed E-state index contributed by atoms with van der Waals surface area (Å²) in [5, 5.41) is 7.55. The molecule has 3 nitrogen and oxygen atoms in total. The maximum Gasteiger partial charge on any atom is 0.236 e. The zero-order chi connectivity index (χ0) is 18.6. The van der Waals surface area contributed by atoms with Gasteiger partial charge >= 0.3 is 0 Å². The Labute approximate surface area is 164 Å². The molecule has 1 amide bonds. The van der Waals surface area contributed by atoms with E-state index in [2.05, 4.69) is 34.6 Å². The number of hydrogen-bond donors (Lipinski definition) is 1. The van der Waals surface area contributed by atoms with E-state index >= 15 is 0 Å². The molecule has 0 aliphatic rings. The number of nitrogens with one attached hydrogen (secondary N) is 1. The van der Waals surface area contributed by atoms with Gasteiger partial charge in [0.05, 0.1) is 11.4 Å². The number of anilines is 1. The van der Waals surface area contributed by atoms with Gasteiger partial charge in [-0.15, -0.1) is 23.1 Å². The van der Waals surface area contributed by atoms with Gasteiger partial charge in [0.25, 0.3) is 0 Å². The fourth-order valence-electron chi connectivity index (χ4n) is 2.65. The topological polar surface area (TPSA) is 42.0 Å². The number of amides is 1. The predicted octanol–water partition coefficient (Wildman–Crippen LogP) is 5.83. The highest BCUT2D eigenvalue weighted by Crippen LogP contribution is 2.26. The van der Waals surface area contributed by atoms with E-state index in [-0.39, 0.29) is 11.7 Å². The summed E-state index contributed by atoms with van der Waals surface area (Å²) in [5.74, 6) is -0.0783. The maximum atomic E-state index is 13.0. The number of carbonyl (C=O) groups is 1. The van der Waals surface area contributed by atoms with E-state index in [9.17, 15) is 9.18 Å². The first kappa shape index (κ1) is 17.7. The van der Waals surface area contributed by atoms with Crippen LogP contribution in [0.25, 0.3) is 22.0 Å². The van der Waals surface area contributed by atoms with Gasteiger partial charge in [0.2, 0.25) is 5.91 Å². The number of carbonyl (C=O) groups excluding carboxylic acids is 1. The second-order valence-electron chi connectivity index (χ2n) is 5.89. The molecule has 1 aromatic heterocycles. The van der Waals surface area contributed by atoms with E-state index in [4.69, 9.17) is 0 Å². The third-order valence-corrected chi connectivity index (χ3v) is 5.73. The highest BCUT2D eigenvalue weighted by atomic mass is 32.2. The van der Waals surface area contributed by atoms with Crippen molar-refractivity contribution in [3.63, 3.8) is 0 Å². The summed E-state index contributed by atoms with van der Waals surface area (Å²) in [5.41, 5.74) is 1.54. The van der Waals surface area contributed by atoms with Crippen molar-refractivity contribution in [1.29, 1.82) is 0 Å². The molecule has 0 bridgehead atoms. The quantitative estimate of drug-likeness (QED) is 0.433. The Morgan fingerprint density at radius 3 is 2.63 bits per heavy atom. The van der Waals surface area contributed by atoms with Crippen molar-refractivity contribution in [1.82, 2.24) is 4.98 Å². The molecule has 6 heteroatoms. The molecule has 0 fully saturated rings. The number of hydrogen-bond acceptors (Lipinski definition) is 4. The van der Waals surface area contributed by atoms with Crippen molar-refractivity contribution in [3.8, 4) is 11.3 Å². The molecule has 4 rings (SSSR count). The molecular weight excluding hydrogens is 379 g/mol. The van der Waals surface area contributed by atoms with Crippen LogP contribution in [0.15, 0.2) is 77.0 Å². The van der Waals surface area contributed by atoms with Crippen molar-refractivity contribution in [2.45, 2.75) is 4.90 Å². The smallest absolute Gasteiger partial charge is 0.236 e. The number of rotatable bonds is 5. The molecule has 1 heterocycles. The van der Waals surface area contributed by atoms with E-state index in [1.165, 1.54) is 40.6 Å². The van der Waals surface area contributed by atoms with Gasteiger partial charge in [-0.25, -0.2) is 9.37 Å². The van der Waals surface area contributed by atoms with E-state index in [1.54, 1.807) is 12.1 Å². The molecule has 0 aliphatic heterocycles. The van der Waals surface area contributed by atoms with Gasteiger partial charge < -0.3 is 5.32 Å². The summed E-state index contributed by atoms with van der Waals surface area (Å²) < 4.78 is 13.0. The molecule has 0 spiro atoms. The first-order chi connectivity index (χ1) is 13.2. The van der Waals surface area contributed by atoms with Crippen molar-refractivity contribution < 1.29 is 9.18 Å². The lowest BCUT2D eigenvalue weighted by atomic mass is 10.1. The largest absolute Gasteiger partial charge is 0.301 e. The monoisotopic (exact) mass is 394 g/mol. The van der Waals surface area contributed by atoms with E-state index in [0.29, 0.717) is 10.9 Å². The van der Waals surface area contributed by atoms with Crippen LogP contribution in [0, 0.1) is 5.82 Å². The lowest BCUT2D eigenvalue weighted by Gasteiger charge is -2.04. The average molecular weight is 394 g/mol. The average Bonchev–Trinajstić information content (AvgIpc) is 3.15. The van der Waals surface area contributed by atoms with Crippen LogP contribution in [0.4, 0.5) is 9.52 Å². The Balaban J connectivity index is 1.37. The first-order valence-electron chi connectivity index (χ1n) is 8.30. The Morgan fingerprint density at radius 1 is 1.04 bits per heavy atom. The number of thioether (sulfide) groups is 1. The summed E-state index contributed by atoms with van der Waals surface area (Å²) in [6.07, 6.45) is 0. The molecule has 134 valence electrons. The highest BCUT2D eigenvalue weighted by Gasteiger charge is 2.09. The zero-order valence-electron chi connectivity index (χ0n) is 14.2. The molecule has 0 saturated carbocycles. The fraction of sp³-hybridized carbons (Fsp3) is 0.0476. The standard InChI is InChI=1S/C21H15FN2OS2/c22-17-8-5-15(6-9-17)19-12-27-21(23-19)24-20(25)13-26-18-10-7-14-3-1-2-4-16(14)11-18/h1-12H,13H2,(H,23,24,25). The third-order valence-electron chi connectivity index (χ3n) is 3.98. The first-order valence-corrected chi connectivity index (χ1v) is 10.2. The molecule has 4 aromatic rings. The van der Waals surface area contributed by atoms with Crippen molar-refractivity contribution in [2.24, 2.45) is 0 Å². The van der Waals surface area contributed by atoms with Gasteiger partial charge in [-0.2, -0.15) is 0 Å². The molecule has 0 radical (unpaired) electrons. The van der Waals surface area contributed by atoms with Crippen LogP contribution >= 0.6 is 23.1 Å². The number of thiazole rings is 1. The third kappa shape index (κ3) is 4.35. The molecule has 0 aliphatic carbocycles. The molecule has 1 N–H and O–H groups in total. The summed E-state index contributed by atoms with van der Waals surface area (Å²) in [6, 6.07) is 20.5. The summed E-state index contributed by atoms with van der Waals surface area (Å²) in [6.45, 7) is 0. The second kappa shape index (κ2) is 7.90. The second-order valence-corrected chi connectivity index (χ2v) is 7.80. The highest BCUT2D eigenvalue weighted by molar-refractivity contribution is 8.00. The van der Waals surface area contributed by atoms with Gasteiger partial charge in [0.1, 0.15) is 5.82 Å². The van der Waals surface area contributed by atoms with E-state index in [1.807, 2.05) is 23.6 Å². The molecule has 0 atom stereocenters. The Bertz CT molecular complexity index is 1090. The van der Waals surface area contributed by atoms with Crippen LogP contribution < -0.4 is 5.32 Å². The van der Waals surface area contributed by atoms with Crippen molar-refractivity contribution in [3.05, 3.63) is 77.9 Å². The van der Waals surface area contributed by atoms with Crippen molar-refractivity contribution in [2.75, 3.05) is 11.1 Å².